The molecule has 4 nitrogen and oxygen atoms in total. The molecule has 1 aromatic rings. The Morgan fingerprint density at radius 3 is 3.16 bits per heavy atom. The van der Waals surface area contributed by atoms with Crippen LogP contribution in [0.2, 0.25) is 0 Å². The normalized spacial score (nSPS) is 20.3. The topological polar surface area (TPSA) is 44.4 Å². The van der Waals surface area contributed by atoms with Crippen LogP contribution in [0.4, 0.5) is 4.39 Å². The molecule has 2 rings (SSSR count). The largest absolute Gasteiger partial charge is 0.358 e. The Bertz CT molecular complexity index is 469. The number of nitrogens with zero attached hydrogens (tertiary/aromatic N) is 1. The van der Waals surface area contributed by atoms with E-state index in [0.29, 0.717) is 13.1 Å². The van der Waals surface area contributed by atoms with E-state index < -0.39 is 0 Å². The molecule has 2 N–H and O–H groups in total. The van der Waals surface area contributed by atoms with Gasteiger partial charge in [-0.1, -0.05) is 15.9 Å². The van der Waals surface area contributed by atoms with E-state index in [-0.39, 0.29) is 17.8 Å². The van der Waals surface area contributed by atoms with Gasteiger partial charge < -0.3 is 10.6 Å². The van der Waals surface area contributed by atoms with Gasteiger partial charge in [0.15, 0.2) is 0 Å². The summed E-state index contributed by atoms with van der Waals surface area (Å²) in [7, 11) is 1.63. The summed E-state index contributed by atoms with van der Waals surface area (Å²) in [6.45, 7) is 2.77. The number of carbonyl (C=O) groups is 1. The van der Waals surface area contributed by atoms with Gasteiger partial charge in [-0.15, -0.1) is 0 Å². The van der Waals surface area contributed by atoms with E-state index in [9.17, 15) is 9.18 Å². The minimum Gasteiger partial charge on any atom is -0.358 e. The quantitative estimate of drug-likeness (QED) is 0.873. The van der Waals surface area contributed by atoms with Gasteiger partial charge in [-0.3, -0.25) is 9.69 Å². The van der Waals surface area contributed by atoms with Gasteiger partial charge in [0.2, 0.25) is 5.91 Å². The van der Waals surface area contributed by atoms with Crippen LogP contribution < -0.4 is 10.6 Å². The lowest BCUT2D eigenvalue weighted by atomic mass is 10.1. The van der Waals surface area contributed by atoms with Crippen LogP contribution in [-0.4, -0.2) is 43.5 Å². The predicted octanol–water partition coefficient (Wildman–Crippen LogP) is 1.11. The first-order valence-electron chi connectivity index (χ1n) is 6.22. The van der Waals surface area contributed by atoms with Crippen LogP contribution in [0, 0.1) is 5.82 Å². The molecule has 1 aliphatic heterocycles. The molecule has 1 fully saturated rings. The molecule has 0 aromatic heterocycles. The molecular weight excluding hydrogens is 313 g/mol. The average Bonchev–Trinajstić information content (AvgIpc) is 2.42. The van der Waals surface area contributed by atoms with Gasteiger partial charge in [-0.05, 0) is 23.8 Å². The first kappa shape index (κ1) is 14.4. The fourth-order valence-corrected chi connectivity index (χ4v) is 2.62. The minimum absolute atomic E-state index is 0.0141. The van der Waals surface area contributed by atoms with E-state index in [1.165, 1.54) is 12.1 Å². The van der Waals surface area contributed by atoms with Crippen molar-refractivity contribution in [2.24, 2.45) is 0 Å². The molecule has 1 atom stereocenters. The van der Waals surface area contributed by atoms with E-state index in [1.807, 2.05) is 0 Å². The van der Waals surface area contributed by atoms with Crippen molar-refractivity contribution in [1.82, 2.24) is 15.5 Å². The number of carbonyl (C=O) groups excluding carboxylic acids is 1. The summed E-state index contributed by atoms with van der Waals surface area (Å²) in [6.07, 6.45) is 0. The highest BCUT2D eigenvalue weighted by Gasteiger charge is 2.28. The molecule has 104 valence electrons. The van der Waals surface area contributed by atoms with E-state index in [2.05, 4.69) is 31.5 Å². The van der Waals surface area contributed by atoms with Crippen molar-refractivity contribution in [1.29, 1.82) is 0 Å². The van der Waals surface area contributed by atoms with Gasteiger partial charge in [-0.2, -0.15) is 0 Å². The van der Waals surface area contributed by atoms with Crippen molar-refractivity contribution in [2.45, 2.75) is 12.6 Å². The molecule has 1 aliphatic rings. The summed E-state index contributed by atoms with van der Waals surface area (Å²) in [4.78, 5) is 13.9. The Morgan fingerprint density at radius 1 is 1.63 bits per heavy atom. The molecule has 0 bridgehead atoms. The maximum Gasteiger partial charge on any atom is 0.238 e. The van der Waals surface area contributed by atoms with Crippen molar-refractivity contribution >= 4 is 21.8 Å². The Kier molecular flexibility index (Phi) is 4.90. The van der Waals surface area contributed by atoms with Gasteiger partial charge in [-0.25, -0.2) is 4.39 Å². The van der Waals surface area contributed by atoms with E-state index >= 15 is 0 Å². The number of likely N-dealkylation sites (N-methyl/N-ethyl adjacent to an activating group) is 1. The van der Waals surface area contributed by atoms with E-state index in [0.717, 1.165) is 23.1 Å². The highest BCUT2D eigenvalue weighted by Crippen LogP contribution is 2.21. The summed E-state index contributed by atoms with van der Waals surface area (Å²) in [5.74, 6) is -0.274. The third-order valence-corrected chi connectivity index (χ3v) is 4.06. The molecular formula is C13H17BrFN3O. The number of nitrogens with one attached hydrogen (secondary N) is 2. The predicted molar refractivity (Wildman–Crippen MR) is 75.2 cm³/mol. The third-order valence-electron chi connectivity index (χ3n) is 3.28. The van der Waals surface area contributed by atoms with Gasteiger partial charge >= 0.3 is 0 Å². The van der Waals surface area contributed by atoms with Crippen molar-refractivity contribution < 1.29 is 9.18 Å². The van der Waals surface area contributed by atoms with Crippen molar-refractivity contribution in [3.05, 3.63) is 34.1 Å². The molecule has 19 heavy (non-hydrogen) atoms. The van der Waals surface area contributed by atoms with Crippen LogP contribution in [0.5, 0.6) is 0 Å². The second-order valence-electron chi connectivity index (χ2n) is 4.54. The summed E-state index contributed by atoms with van der Waals surface area (Å²) in [5.41, 5.74) is 0.857. The molecule has 1 amide bonds. The molecule has 1 heterocycles. The fourth-order valence-electron chi connectivity index (χ4n) is 2.24. The lowest BCUT2D eigenvalue weighted by Crippen LogP contribution is -2.56. The highest BCUT2D eigenvalue weighted by atomic mass is 79.9. The molecule has 6 heteroatoms. The number of benzene rings is 1. The van der Waals surface area contributed by atoms with Crippen molar-refractivity contribution in [2.75, 3.05) is 26.7 Å². The lowest BCUT2D eigenvalue weighted by Gasteiger charge is -2.35. The van der Waals surface area contributed by atoms with Crippen LogP contribution in [0.1, 0.15) is 5.56 Å². The first-order chi connectivity index (χ1) is 9.11. The third kappa shape index (κ3) is 3.52. The first-order valence-corrected chi connectivity index (χ1v) is 7.01. The van der Waals surface area contributed by atoms with E-state index in [1.54, 1.807) is 13.1 Å². The zero-order chi connectivity index (χ0) is 13.8. The van der Waals surface area contributed by atoms with E-state index in [4.69, 9.17) is 0 Å². The Balaban J connectivity index is 2.15. The molecule has 1 saturated heterocycles. The van der Waals surface area contributed by atoms with Gasteiger partial charge in [0.1, 0.15) is 11.9 Å². The second kappa shape index (κ2) is 6.45. The molecule has 1 unspecified atom stereocenters. The zero-order valence-corrected chi connectivity index (χ0v) is 12.3. The Labute approximate surface area is 120 Å². The Morgan fingerprint density at radius 2 is 2.42 bits per heavy atom. The number of piperazine rings is 1. The fraction of sp³-hybridized carbons (Fsp3) is 0.462. The average molecular weight is 330 g/mol. The van der Waals surface area contributed by atoms with Crippen molar-refractivity contribution in [3.8, 4) is 0 Å². The second-order valence-corrected chi connectivity index (χ2v) is 5.39. The summed E-state index contributed by atoms with van der Waals surface area (Å²) in [5, 5.41) is 5.87. The van der Waals surface area contributed by atoms with Gasteiger partial charge in [0.05, 0.1) is 0 Å². The van der Waals surface area contributed by atoms with Crippen LogP contribution in [-0.2, 0) is 11.3 Å². The summed E-state index contributed by atoms with van der Waals surface area (Å²) in [6, 6.07) is 4.41. The molecule has 0 spiro atoms. The monoisotopic (exact) mass is 329 g/mol. The van der Waals surface area contributed by atoms with Crippen LogP contribution in [0.3, 0.4) is 0 Å². The smallest absolute Gasteiger partial charge is 0.238 e. The van der Waals surface area contributed by atoms with Crippen LogP contribution in [0.15, 0.2) is 22.7 Å². The number of rotatable bonds is 3. The molecule has 1 aromatic carbocycles. The van der Waals surface area contributed by atoms with Crippen LogP contribution >= 0.6 is 15.9 Å². The summed E-state index contributed by atoms with van der Waals surface area (Å²) < 4.78 is 14.2. The van der Waals surface area contributed by atoms with Gasteiger partial charge in [0, 0.05) is 37.7 Å². The minimum atomic E-state index is -0.259. The SMILES string of the molecule is CNC(=O)C1CNCCN1Cc1cc(F)ccc1Br. The maximum absolute atomic E-state index is 13.3. The molecule has 0 aliphatic carbocycles. The zero-order valence-electron chi connectivity index (χ0n) is 10.7. The number of amides is 1. The standard InChI is InChI=1S/C13H17BrFN3O/c1-16-13(19)12-7-17-4-5-18(12)8-9-6-10(15)2-3-11(9)14/h2-3,6,12,17H,4-5,7-8H2,1H3,(H,16,19). The number of halogens is 2. The number of hydrogen-bond donors (Lipinski definition) is 2. The molecule has 0 radical (unpaired) electrons. The lowest BCUT2D eigenvalue weighted by molar-refractivity contribution is -0.126. The maximum atomic E-state index is 13.3. The van der Waals surface area contributed by atoms with Crippen molar-refractivity contribution in [3.63, 3.8) is 0 Å². The summed E-state index contributed by atoms with van der Waals surface area (Å²) >= 11 is 3.42. The molecule has 0 saturated carbocycles. The number of hydrogen-bond acceptors (Lipinski definition) is 3. The Hall–Kier alpha value is -0.980. The highest BCUT2D eigenvalue weighted by molar-refractivity contribution is 9.10. The van der Waals surface area contributed by atoms with Gasteiger partial charge in [0.25, 0.3) is 0 Å². The van der Waals surface area contributed by atoms with Crippen LogP contribution in [0.25, 0.3) is 0 Å².